The van der Waals surface area contributed by atoms with Crippen molar-refractivity contribution >= 4 is 49.0 Å². The van der Waals surface area contributed by atoms with Crippen LogP contribution in [0.4, 0.5) is 15.2 Å². The predicted molar refractivity (Wildman–Crippen MR) is 135 cm³/mol. The summed E-state index contributed by atoms with van der Waals surface area (Å²) in [5.74, 6) is -0.405. The number of carbonyl (C=O) groups is 1. The highest BCUT2D eigenvalue weighted by Crippen LogP contribution is 2.24. The fourth-order valence-corrected chi connectivity index (χ4v) is 6.22. The smallest absolute Gasteiger partial charge is 0.263 e. The number of fused-ring (bicyclic) bond motifs is 1. The number of hydrogen-bond acceptors (Lipinski definition) is 6. The number of aromatic nitrogens is 2. The van der Waals surface area contributed by atoms with E-state index in [0.29, 0.717) is 30.3 Å². The molecule has 1 fully saturated rings. The Bertz CT molecular complexity index is 1450. The molecule has 4 aromatic rings. The first-order chi connectivity index (χ1) is 16.8. The maximum absolute atomic E-state index is 14.3. The molecule has 1 atom stereocenters. The largest absolute Gasteiger partial charge is 0.368 e. The van der Waals surface area contributed by atoms with Crippen LogP contribution < -0.4 is 9.62 Å². The zero-order valence-electron chi connectivity index (χ0n) is 19.0. The van der Waals surface area contributed by atoms with E-state index in [0.717, 1.165) is 11.1 Å². The van der Waals surface area contributed by atoms with Gasteiger partial charge in [0.2, 0.25) is 5.91 Å². The first-order valence-electron chi connectivity index (χ1n) is 11.1. The van der Waals surface area contributed by atoms with E-state index in [4.69, 9.17) is 0 Å². The average Bonchev–Trinajstić information content (AvgIpc) is 3.49. The standard InChI is InChI=1S/C24H24FN5O3S2/c1-17-15-28(19-5-7-20(8-6-19)35(32,33)27-24-26-10-14-34-24)12-13-30(17)22(31)16-29-11-9-18-3-2-4-21(25)23(18)29/h2-11,14,17H,12-13,15-16H2,1H3,(H,26,27). The van der Waals surface area contributed by atoms with Crippen LogP contribution in [0.5, 0.6) is 0 Å². The predicted octanol–water partition coefficient (Wildman–Crippen LogP) is 3.78. The van der Waals surface area contributed by atoms with E-state index in [2.05, 4.69) is 14.6 Å². The molecule has 8 nitrogen and oxygen atoms in total. The number of carbonyl (C=O) groups excluding carboxylic acids is 1. The van der Waals surface area contributed by atoms with Gasteiger partial charge < -0.3 is 14.4 Å². The van der Waals surface area contributed by atoms with E-state index in [1.165, 1.54) is 23.6 Å². The molecular weight excluding hydrogens is 489 g/mol. The Kier molecular flexibility index (Phi) is 6.20. The van der Waals surface area contributed by atoms with Crippen molar-refractivity contribution in [2.45, 2.75) is 24.4 Å². The summed E-state index contributed by atoms with van der Waals surface area (Å²) in [6.45, 7) is 3.80. The molecule has 5 rings (SSSR count). The SMILES string of the molecule is CC1CN(c2ccc(S(=O)(=O)Nc3nccs3)cc2)CCN1C(=O)Cn1ccc2cccc(F)c21. The van der Waals surface area contributed by atoms with E-state index in [-0.39, 0.29) is 29.2 Å². The van der Waals surface area contributed by atoms with Gasteiger partial charge in [0.25, 0.3) is 10.0 Å². The van der Waals surface area contributed by atoms with Gasteiger partial charge in [0.1, 0.15) is 12.4 Å². The molecule has 0 radical (unpaired) electrons. The number of nitrogens with one attached hydrogen (secondary N) is 1. The summed E-state index contributed by atoms with van der Waals surface area (Å²) in [5, 5.41) is 2.79. The van der Waals surface area contributed by atoms with Crippen molar-refractivity contribution in [1.29, 1.82) is 0 Å². The number of thiazole rings is 1. The summed E-state index contributed by atoms with van der Waals surface area (Å²) < 4.78 is 43.5. The minimum atomic E-state index is -3.71. The zero-order valence-corrected chi connectivity index (χ0v) is 20.6. The number of rotatable bonds is 6. The van der Waals surface area contributed by atoms with Crippen molar-refractivity contribution in [2.75, 3.05) is 29.3 Å². The first kappa shape index (κ1) is 23.3. The van der Waals surface area contributed by atoms with E-state index < -0.39 is 10.0 Å². The Morgan fingerprint density at radius 1 is 1.17 bits per heavy atom. The Balaban J connectivity index is 1.23. The summed E-state index contributed by atoms with van der Waals surface area (Å²) in [6, 6.07) is 13.3. The lowest BCUT2D eigenvalue weighted by molar-refractivity contribution is -0.134. The molecule has 35 heavy (non-hydrogen) atoms. The van der Waals surface area contributed by atoms with Crippen LogP contribution in [0.25, 0.3) is 10.9 Å². The monoisotopic (exact) mass is 513 g/mol. The fourth-order valence-electron chi connectivity index (χ4n) is 4.43. The van der Waals surface area contributed by atoms with E-state index in [1.54, 1.807) is 46.5 Å². The van der Waals surface area contributed by atoms with Gasteiger partial charge in [0.15, 0.2) is 5.13 Å². The minimum absolute atomic E-state index is 0.0575. The topological polar surface area (TPSA) is 87.5 Å². The lowest BCUT2D eigenvalue weighted by Gasteiger charge is -2.41. The molecule has 0 bridgehead atoms. The second-order valence-corrected chi connectivity index (χ2v) is 11.0. The van der Waals surface area contributed by atoms with Gasteiger partial charge >= 0.3 is 0 Å². The van der Waals surface area contributed by atoms with Gasteiger partial charge in [-0.3, -0.25) is 9.52 Å². The van der Waals surface area contributed by atoms with E-state index in [9.17, 15) is 17.6 Å². The summed E-state index contributed by atoms with van der Waals surface area (Å²) in [5.41, 5.74) is 1.32. The van der Waals surface area contributed by atoms with Gasteiger partial charge in [-0.25, -0.2) is 17.8 Å². The van der Waals surface area contributed by atoms with Crippen LogP contribution in [0.1, 0.15) is 6.92 Å². The number of sulfonamides is 1. The molecule has 2 aromatic heterocycles. The average molecular weight is 514 g/mol. The molecule has 0 saturated carbocycles. The van der Waals surface area contributed by atoms with Crippen molar-refractivity contribution in [3.63, 3.8) is 0 Å². The summed E-state index contributed by atoms with van der Waals surface area (Å²) in [4.78, 5) is 21.1. The molecule has 2 aromatic carbocycles. The molecule has 11 heteroatoms. The van der Waals surface area contributed by atoms with Crippen LogP contribution in [0.15, 0.2) is 71.2 Å². The quantitative estimate of drug-likeness (QED) is 0.424. The highest BCUT2D eigenvalue weighted by Gasteiger charge is 2.28. The fraction of sp³-hybridized carbons (Fsp3) is 0.250. The number of hydrogen-bond donors (Lipinski definition) is 1. The Morgan fingerprint density at radius 3 is 2.69 bits per heavy atom. The van der Waals surface area contributed by atoms with Crippen molar-refractivity contribution in [1.82, 2.24) is 14.5 Å². The third-order valence-corrected chi connectivity index (χ3v) is 8.33. The maximum atomic E-state index is 14.3. The van der Waals surface area contributed by atoms with Crippen molar-refractivity contribution in [2.24, 2.45) is 0 Å². The van der Waals surface area contributed by atoms with Crippen LogP contribution in [-0.4, -0.2) is 54.5 Å². The van der Waals surface area contributed by atoms with Crippen LogP contribution in [-0.2, 0) is 21.4 Å². The molecule has 0 spiro atoms. The summed E-state index contributed by atoms with van der Waals surface area (Å²) in [6.07, 6.45) is 3.28. The molecule has 182 valence electrons. The van der Waals surface area contributed by atoms with Crippen molar-refractivity contribution < 1.29 is 17.6 Å². The second-order valence-electron chi connectivity index (χ2n) is 8.44. The van der Waals surface area contributed by atoms with E-state index >= 15 is 0 Å². The number of anilines is 2. The van der Waals surface area contributed by atoms with Gasteiger partial charge in [0.05, 0.1) is 10.4 Å². The molecule has 1 N–H and O–H groups in total. The normalized spacial score (nSPS) is 16.6. The number of halogens is 1. The maximum Gasteiger partial charge on any atom is 0.263 e. The summed E-state index contributed by atoms with van der Waals surface area (Å²) in [7, 11) is -3.71. The number of benzene rings is 2. The lowest BCUT2D eigenvalue weighted by atomic mass is 10.1. The van der Waals surface area contributed by atoms with Gasteiger partial charge in [-0.05, 0) is 43.3 Å². The number of nitrogens with zero attached hydrogens (tertiary/aromatic N) is 4. The molecule has 1 saturated heterocycles. The molecule has 1 unspecified atom stereocenters. The molecule has 1 amide bonds. The molecule has 3 heterocycles. The van der Waals surface area contributed by atoms with Crippen molar-refractivity contribution in [3.05, 3.63) is 72.1 Å². The zero-order chi connectivity index (χ0) is 24.6. The van der Waals surface area contributed by atoms with Gasteiger partial charge in [-0.15, -0.1) is 11.3 Å². The summed E-state index contributed by atoms with van der Waals surface area (Å²) >= 11 is 1.21. The van der Waals surface area contributed by atoms with Crippen LogP contribution >= 0.6 is 11.3 Å². The highest BCUT2D eigenvalue weighted by molar-refractivity contribution is 7.93. The molecular formula is C24H24FN5O3S2. The van der Waals surface area contributed by atoms with Crippen molar-refractivity contribution in [3.8, 4) is 0 Å². The Morgan fingerprint density at radius 2 is 1.97 bits per heavy atom. The number of piperazine rings is 1. The third-order valence-electron chi connectivity index (χ3n) is 6.16. The van der Waals surface area contributed by atoms with Crippen LogP contribution in [0.2, 0.25) is 0 Å². The Labute approximate surface area is 206 Å². The minimum Gasteiger partial charge on any atom is -0.368 e. The van der Waals surface area contributed by atoms with Gasteiger partial charge in [-0.2, -0.15) is 0 Å². The van der Waals surface area contributed by atoms with Gasteiger partial charge in [0, 0.05) is 54.5 Å². The van der Waals surface area contributed by atoms with Crippen LogP contribution in [0.3, 0.4) is 0 Å². The lowest BCUT2D eigenvalue weighted by Crippen LogP contribution is -2.54. The molecule has 1 aliphatic rings. The second kappa shape index (κ2) is 9.31. The molecule has 1 aliphatic heterocycles. The Hall–Kier alpha value is -3.44. The third kappa shape index (κ3) is 4.73. The van der Waals surface area contributed by atoms with Gasteiger partial charge in [-0.1, -0.05) is 12.1 Å². The first-order valence-corrected chi connectivity index (χ1v) is 13.5. The highest BCUT2D eigenvalue weighted by atomic mass is 32.2. The van der Waals surface area contributed by atoms with E-state index in [1.807, 2.05) is 24.0 Å². The molecule has 0 aliphatic carbocycles. The number of amides is 1. The number of para-hydroxylation sites is 1. The van der Waals surface area contributed by atoms with Crippen LogP contribution in [0, 0.1) is 5.82 Å².